The fraction of sp³-hybridized carbons (Fsp3) is 0.778. The van der Waals surface area contributed by atoms with Crippen LogP contribution in [-0.4, -0.2) is 93.4 Å². The molecular weight excluding hydrogens is 348 g/mol. The van der Waals surface area contributed by atoms with Crippen molar-refractivity contribution >= 4 is 12.0 Å². The van der Waals surface area contributed by atoms with Crippen molar-refractivity contribution in [2.75, 3.05) is 45.9 Å². The molecule has 2 saturated heterocycles. The molecule has 1 unspecified atom stereocenters. The molecule has 27 heavy (non-hydrogen) atoms. The Hall–Kier alpha value is -2.16. The van der Waals surface area contributed by atoms with Gasteiger partial charge in [0.15, 0.2) is 0 Å². The molecule has 150 valence electrons. The van der Waals surface area contributed by atoms with Crippen LogP contribution in [0, 0.1) is 0 Å². The smallest absolute Gasteiger partial charge is 0.409 e. The number of rotatable bonds is 6. The Morgan fingerprint density at radius 2 is 2.04 bits per heavy atom. The molecular formula is C18H30N6O3. The monoisotopic (exact) mass is 378 g/mol. The number of amides is 2. The maximum absolute atomic E-state index is 12.5. The number of aromatic nitrogens is 3. The van der Waals surface area contributed by atoms with E-state index in [1.165, 1.54) is 6.33 Å². The van der Waals surface area contributed by atoms with Crippen LogP contribution in [0.5, 0.6) is 0 Å². The first-order valence-electron chi connectivity index (χ1n) is 9.93. The molecule has 9 heteroatoms. The van der Waals surface area contributed by atoms with Crippen molar-refractivity contribution in [3.63, 3.8) is 0 Å². The SMILES string of the molecule is CCOC(=O)N1CCC(N2CCCN(C(=O)CCCn3cncn3)CC2)C1. The van der Waals surface area contributed by atoms with E-state index in [0.717, 1.165) is 65.1 Å². The lowest BCUT2D eigenvalue weighted by Crippen LogP contribution is -2.41. The minimum Gasteiger partial charge on any atom is -0.450 e. The van der Waals surface area contributed by atoms with Crippen LogP contribution in [-0.2, 0) is 16.1 Å². The largest absolute Gasteiger partial charge is 0.450 e. The number of likely N-dealkylation sites (tertiary alicyclic amines) is 1. The predicted octanol–water partition coefficient (Wildman–Crippen LogP) is 0.823. The van der Waals surface area contributed by atoms with E-state index in [2.05, 4.69) is 15.0 Å². The highest BCUT2D eigenvalue weighted by molar-refractivity contribution is 5.76. The van der Waals surface area contributed by atoms with Crippen molar-refractivity contribution in [2.24, 2.45) is 0 Å². The van der Waals surface area contributed by atoms with Crippen molar-refractivity contribution in [2.45, 2.75) is 45.2 Å². The molecule has 2 fully saturated rings. The van der Waals surface area contributed by atoms with Gasteiger partial charge in [-0.3, -0.25) is 14.4 Å². The van der Waals surface area contributed by atoms with E-state index in [4.69, 9.17) is 4.74 Å². The lowest BCUT2D eigenvalue weighted by molar-refractivity contribution is -0.131. The van der Waals surface area contributed by atoms with Gasteiger partial charge >= 0.3 is 6.09 Å². The van der Waals surface area contributed by atoms with Gasteiger partial charge in [-0.25, -0.2) is 9.78 Å². The van der Waals surface area contributed by atoms with Crippen molar-refractivity contribution in [3.8, 4) is 0 Å². The van der Waals surface area contributed by atoms with Gasteiger partial charge in [0.2, 0.25) is 5.91 Å². The maximum Gasteiger partial charge on any atom is 0.409 e. The second-order valence-electron chi connectivity index (χ2n) is 7.12. The minimum atomic E-state index is -0.209. The first-order chi connectivity index (χ1) is 13.2. The summed E-state index contributed by atoms with van der Waals surface area (Å²) in [5.41, 5.74) is 0. The van der Waals surface area contributed by atoms with Gasteiger partial charge in [0, 0.05) is 58.3 Å². The zero-order chi connectivity index (χ0) is 19.1. The van der Waals surface area contributed by atoms with Crippen molar-refractivity contribution in [3.05, 3.63) is 12.7 Å². The summed E-state index contributed by atoms with van der Waals surface area (Å²) in [5, 5.41) is 4.06. The molecule has 0 aliphatic carbocycles. The zero-order valence-corrected chi connectivity index (χ0v) is 16.1. The molecule has 1 aromatic rings. The fourth-order valence-electron chi connectivity index (χ4n) is 3.87. The van der Waals surface area contributed by atoms with Crippen LogP contribution in [0.1, 0.15) is 32.6 Å². The van der Waals surface area contributed by atoms with Gasteiger partial charge in [-0.15, -0.1) is 0 Å². The Morgan fingerprint density at radius 1 is 1.15 bits per heavy atom. The van der Waals surface area contributed by atoms with Crippen LogP contribution in [0.25, 0.3) is 0 Å². The number of hydrogen-bond donors (Lipinski definition) is 0. The zero-order valence-electron chi connectivity index (χ0n) is 16.1. The van der Waals surface area contributed by atoms with Crippen LogP contribution in [0.15, 0.2) is 12.7 Å². The van der Waals surface area contributed by atoms with Crippen LogP contribution in [0.3, 0.4) is 0 Å². The molecule has 0 N–H and O–H groups in total. The Kier molecular flexibility index (Phi) is 7.03. The number of hydrogen-bond acceptors (Lipinski definition) is 6. The summed E-state index contributed by atoms with van der Waals surface area (Å²) in [4.78, 5) is 34.5. The third-order valence-electron chi connectivity index (χ3n) is 5.33. The standard InChI is InChI=1S/C18H30N6O3/c1-2-27-18(26)23-10-6-16(13-23)21-7-4-8-22(12-11-21)17(25)5-3-9-24-15-19-14-20-24/h14-16H,2-13H2,1H3. The number of carbonyl (C=O) groups excluding carboxylic acids is 2. The number of ether oxygens (including phenoxy) is 1. The molecule has 3 rings (SSSR count). The van der Waals surface area contributed by atoms with Crippen LogP contribution in [0.2, 0.25) is 0 Å². The van der Waals surface area contributed by atoms with E-state index >= 15 is 0 Å². The molecule has 9 nitrogen and oxygen atoms in total. The normalized spacial score (nSPS) is 21.3. The molecule has 0 aromatic carbocycles. The molecule has 0 bridgehead atoms. The molecule has 1 atom stereocenters. The first-order valence-corrected chi connectivity index (χ1v) is 9.93. The topological polar surface area (TPSA) is 83.8 Å². The fourth-order valence-corrected chi connectivity index (χ4v) is 3.87. The molecule has 2 aliphatic rings. The summed E-state index contributed by atoms with van der Waals surface area (Å²) in [6, 6.07) is 0.372. The van der Waals surface area contributed by atoms with Gasteiger partial charge in [-0.05, 0) is 26.2 Å². The van der Waals surface area contributed by atoms with Crippen molar-refractivity contribution in [1.29, 1.82) is 0 Å². The summed E-state index contributed by atoms with van der Waals surface area (Å²) in [6.07, 6.45) is 6.25. The molecule has 2 aliphatic heterocycles. The van der Waals surface area contributed by atoms with E-state index in [9.17, 15) is 9.59 Å². The molecule has 0 saturated carbocycles. The molecule has 0 radical (unpaired) electrons. The summed E-state index contributed by atoms with van der Waals surface area (Å²) in [7, 11) is 0. The van der Waals surface area contributed by atoms with Gasteiger partial charge in [0.1, 0.15) is 12.7 Å². The Labute approximate surface area is 160 Å². The third kappa shape index (κ3) is 5.41. The Balaban J connectivity index is 1.40. The molecule has 2 amide bonds. The summed E-state index contributed by atoms with van der Waals surface area (Å²) >= 11 is 0. The lowest BCUT2D eigenvalue weighted by Gasteiger charge is -2.27. The van der Waals surface area contributed by atoms with E-state index in [-0.39, 0.29) is 12.0 Å². The predicted molar refractivity (Wildman–Crippen MR) is 99.0 cm³/mol. The third-order valence-corrected chi connectivity index (χ3v) is 5.33. The van der Waals surface area contributed by atoms with E-state index in [1.54, 1.807) is 15.9 Å². The summed E-state index contributed by atoms with van der Waals surface area (Å²) in [5.74, 6) is 0.219. The lowest BCUT2D eigenvalue weighted by atomic mass is 10.2. The van der Waals surface area contributed by atoms with Crippen LogP contribution in [0.4, 0.5) is 4.79 Å². The first kappa shape index (κ1) is 19.6. The Bertz CT molecular complexity index is 608. The van der Waals surface area contributed by atoms with E-state index < -0.39 is 0 Å². The minimum absolute atomic E-state index is 0.209. The van der Waals surface area contributed by atoms with Crippen molar-refractivity contribution < 1.29 is 14.3 Å². The Morgan fingerprint density at radius 3 is 2.81 bits per heavy atom. The maximum atomic E-state index is 12.5. The second kappa shape index (κ2) is 9.68. The van der Waals surface area contributed by atoms with Crippen molar-refractivity contribution in [1.82, 2.24) is 29.5 Å². The number of carbonyl (C=O) groups is 2. The molecule has 1 aromatic heterocycles. The quantitative estimate of drug-likeness (QED) is 0.729. The van der Waals surface area contributed by atoms with Gasteiger partial charge in [0.05, 0.1) is 6.61 Å². The average molecular weight is 378 g/mol. The highest BCUT2D eigenvalue weighted by atomic mass is 16.6. The van der Waals surface area contributed by atoms with Gasteiger partial charge < -0.3 is 14.5 Å². The highest BCUT2D eigenvalue weighted by Gasteiger charge is 2.32. The van der Waals surface area contributed by atoms with E-state index in [1.807, 2.05) is 11.8 Å². The summed E-state index contributed by atoms with van der Waals surface area (Å²) < 4.78 is 6.86. The van der Waals surface area contributed by atoms with Crippen LogP contribution < -0.4 is 0 Å². The molecule has 0 spiro atoms. The second-order valence-corrected chi connectivity index (χ2v) is 7.12. The summed E-state index contributed by atoms with van der Waals surface area (Å²) in [6.45, 7) is 7.87. The highest BCUT2D eigenvalue weighted by Crippen LogP contribution is 2.19. The van der Waals surface area contributed by atoms with Gasteiger partial charge in [0.25, 0.3) is 0 Å². The van der Waals surface area contributed by atoms with Gasteiger partial charge in [-0.1, -0.05) is 0 Å². The average Bonchev–Trinajstić information content (AvgIpc) is 3.30. The number of aryl methyl sites for hydroxylation is 1. The van der Waals surface area contributed by atoms with Gasteiger partial charge in [-0.2, -0.15) is 5.10 Å². The van der Waals surface area contributed by atoms with Crippen LogP contribution >= 0.6 is 0 Å². The number of nitrogens with zero attached hydrogens (tertiary/aromatic N) is 6. The van der Waals surface area contributed by atoms with E-state index in [0.29, 0.717) is 19.1 Å². The molecule has 3 heterocycles.